The largest absolute Gasteiger partial charge is 0.334 e. The summed E-state index contributed by atoms with van der Waals surface area (Å²) in [5.41, 5.74) is 0.387. The van der Waals surface area contributed by atoms with E-state index in [-0.39, 0.29) is 11.9 Å². The van der Waals surface area contributed by atoms with Crippen molar-refractivity contribution in [2.75, 3.05) is 12.4 Å². The molecule has 1 fully saturated rings. The molecule has 0 saturated carbocycles. The van der Waals surface area contributed by atoms with Crippen LogP contribution in [0.15, 0.2) is 18.2 Å². The summed E-state index contributed by atoms with van der Waals surface area (Å²) >= 11 is 18.1. The highest BCUT2D eigenvalue weighted by Crippen LogP contribution is 2.28. The Morgan fingerprint density at radius 2 is 1.94 bits per heavy atom. The molecule has 2 rings (SSSR count). The molecule has 1 atom stereocenters. The number of benzene rings is 1. The van der Waals surface area contributed by atoms with Crippen LogP contribution in [0.3, 0.4) is 0 Å². The lowest BCUT2D eigenvalue weighted by molar-refractivity contribution is 0.0639. The predicted molar refractivity (Wildman–Crippen MR) is 75.9 cm³/mol. The average molecular weight is 307 g/mol. The molecule has 0 aliphatic carbocycles. The van der Waals surface area contributed by atoms with E-state index >= 15 is 0 Å². The van der Waals surface area contributed by atoms with Crippen molar-refractivity contribution >= 4 is 40.7 Å². The summed E-state index contributed by atoms with van der Waals surface area (Å²) in [7, 11) is 0. The Kier molecular flexibility index (Phi) is 4.77. The standard InChI is InChI=1S/C13H14Cl3NO/c14-8-9-4-1-2-7-17(9)13(18)12-10(15)5-3-6-11(12)16/h3,5-6,9H,1-2,4,7-8H2. The average Bonchev–Trinajstić information content (AvgIpc) is 2.38. The summed E-state index contributed by atoms with van der Waals surface area (Å²) in [5.74, 6) is 0.337. The van der Waals surface area contributed by atoms with Gasteiger partial charge in [0.2, 0.25) is 0 Å². The van der Waals surface area contributed by atoms with Crippen LogP contribution in [0, 0.1) is 0 Å². The smallest absolute Gasteiger partial charge is 0.257 e. The number of alkyl halides is 1. The molecule has 1 saturated heterocycles. The number of piperidine rings is 1. The van der Waals surface area contributed by atoms with Gasteiger partial charge in [-0.25, -0.2) is 0 Å². The van der Waals surface area contributed by atoms with E-state index in [1.165, 1.54) is 0 Å². The van der Waals surface area contributed by atoms with Crippen LogP contribution >= 0.6 is 34.8 Å². The van der Waals surface area contributed by atoms with Crippen LogP contribution in [0.2, 0.25) is 10.0 Å². The summed E-state index contributed by atoms with van der Waals surface area (Å²) in [6.45, 7) is 0.720. The van der Waals surface area contributed by atoms with E-state index in [2.05, 4.69) is 0 Å². The van der Waals surface area contributed by atoms with Gasteiger partial charge in [-0.2, -0.15) is 0 Å². The predicted octanol–water partition coefficient (Wildman–Crippen LogP) is 4.23. The van der Waals surface area contributed by atoms with E-state index in [4.69, 9.17) is 34.8 Å². The molecule has 18 heavy (non-hydrogen) atoms. The summed E-state index contributed by atoms with van der Waals surface area (Å²) in [6.07, 6.45) is 3.05. The number of hydrogen-bond acceptors (Lipinski definition) is 1. The van der Waals surface area contributed by atoms with E-state index in [9.17, 15) is 4.79 Å². The molecule has 5 heteroatoms. The first-order valence-corrected chi connectivity index (χ1v) is 7.25. The number of amides is 1. The third kappa shape index (κ3) is 2.76. The third-order valence-electron chi connectivity index (χ3n) is 3.24. The molecule has 1 amide bonds. The normalized spacial score (nSPS) is 19.9. The van der Waals surface area contributed by atoms with Crippen molar-refractivity contribution in [3.05, 3.63) is 33.8 Å². The minimum atomic E-state index is -0.115. The second-order valence-electron chi connectivity index (χ2n) is 4.40. The molecule has 1 aromatic rings. The Morgan fingerprint density at radius 3 is 2.56 bits per heavy atom. The van der Waals surface area contributed by atoms with Gasteiger partial charge in [0.25, 0.3) is 5.91 Å². The molecule has 0 N–H and O–H groups in total. The minimum Gasteiger partial charge on any atom is -0.334 e. The van der Waals surface area contributed by atoms with Crippen molar-refractivity contribution in [2.45, 2.75) is 25.3 Å². The number of halogens is 3. The second kappa shape index (κ2) is 6.14. The van der Waals surface area contributed by atoms with Crippen LogP contribution in [0.25, 0.3) is 0 Å². The van der Waals surface area contributed by atoms with Crippen molar-refractivity contribution in [3.8, 4) is 0 Å². The molecule has 2 nitrogen and oxygen atoms in total. The molecule has 1 heterocycles. The van der Waals surface area contributed by atoms with E-state index in [1.54, 1.807) is 23.1 Å². The molecule has 98 valence electrons. The maximum absolute atomic E-state index is 12.5. The molecule has 0 bridgehead atoms. The molecule has 0 radical (unpaired) electrons. The van der Waals surface area contributed by atoms with Crippen LogP contribution in [0.1, 0.15) is 29.6 Å². The fourth-order valence-corrected chi connectivity index (χ4v) is 3.15. The zero-order valence-electron chi connectivity index (χ0n) is 9.83. The highest BCUT2D eigenvalue weighted by molar-refractivity contribution is 6.39. The quantitative estimate of drug-likeness (QED) is 0.749. The van der Waals surface area contributed by atoms with Crippen molar-refractivity contribution in [2.24, 2.45) is 0 Å². The zero-order chi connectivity index (χ0) is 13.1. The number of nitrogens with zero attached hydrogens (tertiary/aromatic N) is 1. The summed E-state index contributed by atoms with van der Waals surface area (Å²) < 4.78 is 0. The molecule has 1 aliphatic rings. The van der Waals surface area contributed by atoms with E-state index in [1.807, 2.05) is 0 Å². The topological polar surface area (TPSA) is 20.3 Å². The highest BCUT2D eigenvalue weighted by atomic mass is 35.5. The van der Waals surface area contributed by atoms with Gasteiger partial charge in [-0.15, -0.1) is 11.6 Å². The molecule has 0 spiro atoms. The maximum atomic E-state index is 12.5. The lowest BCUT2D eigenvalue weighted by Gasteiger charge is -2.35. The molecule has 1 unspecified atom stereocenters. The molecular formula is C13H14Cl3NO. The second-order valence-corrected chi connectivity index (χ2v) is 5.52. The zero-order valence-corrected chi connectivity index (χ0v) is 12.1. The lowest BCUT2D eigenvalue weighted by atomic mass is 10.0. The van der Waals surface area contributed by atoms with Gasteiger partial charge < -0.3 is 4.90 Å². The van der Waals surface area contributed by atoms with Crippen LogP contribution in [0.4, 0.5) is 0 Å². The SMILES string of the molecule is O=C(c1c(Cl)cccc1Cl)N1CCCCC1CCl. The molecule has 0 aromatic heterocycles. The van der Waals surface area contributed by atoms with Crippen molar-refractivity contribution in [1.82, 2.24) is 4.90 Å². The summed E-state index contributed by atoms with van der Waals surface area (Å²) in [4.78, 5) is 14.3. The fraction of sp³-hybridized carbons (Fsp3) is 0.462. The third-order valence-corrected chi connectivity index (χ3v) is 4.23. The van der Waals surface area contributed by atoms with Gasteiger partial charge in [-0.3, -0.25) is 4.79 Å². The van der Waals surface area contributed by atoms with Crippen molar-refractivity contribution in [3.63, 3.8) is 0 Å². The van der Waals surface area contributed by atoms with Crippen LogP contribution in [0.5, 0.6) is 0 Å². The monoisotopic (exact) mass is 305 g/mol. The van der Waals surface area contributed by atoms with Gasteiger partial charge in [-0.05, 0) is 31.4 Å². The highest BCUT2D eigenvalue weighted by Gasteiger charge is 2.29. The van der Waals surface area contributed by atoms with Crippen LogP contribution in [-0.4, -0.2) is 29.3 Å². The van der Waals surface area contributed by atoms with Crippen LogP contribution < -0.4 is 0 Å². The van der Waals surface area contributed by atoms with Gasteiger partial charge >= 0.3 is 0 Å². The molecule has 1 aliphatic heterocycles. The van der Waals surface area contributed by atoms with Crippen molar-refractivity contribution < 1.29 is 4.79 Å². The number of hydrogen-bond donors (Lipinski definition) is 0. The summed E-state index contributed by atoms with van der Waals surface area (Å²) in [5, 5.41) is 0.790. The summed E-state index contributed by atoms with van der Waals surface area (Å²) in [6, 6.07) is 5.18. The first-order valence-electron chi connectivity index (χ1n) is 5.96. The van der Waals surface area contributed by atoms with Gasteiger partial charge in [0.15, 0.2) is 0 Å². The molecule has 1 aromatic carbocycles. The Morgan fingerprint density at radius 1 is 1.28 bits per heavy atom. The van der Waals surface area contributed by atoms with E-state index in [0.717, 1.165) is 25.8 Å². The lowest BCUT2D eigenvalue weighted by Crippen LogP contribution is -2.44. The number of carbonyl (C=O) groups excluding carboxylic acids is 1. The van der Waals surface area contributed by atoms with Gasteiger partial charge in [0, 0.05) is 18.5 Å². The number of rotatable bonds is 2. The van der Waals surface area contributed by atoms with Gasteiger partial charge in [0.05, 0.1) is 15.6 Å². The number of carbonyl (C=O) groups is 1. The van der Waals surface area contributed by atoms with Crippen LogP contribution in [-0.2, 0) is 0 Å². The molecular weight excluding hydrogens is 293 g/mol. The van der Waals surface area contributed by atoms with Gasteiger partial charge in [0.1, 0.15) is 0 Å². The fourth-order valence-electron chi connectivity index (χ4n) is 2.27. The van der Waals surface area contributed by atoms with E-state index < -0.39 is 0 Å². The first-order chi connectivity index (χ1) is 8.65. The first kappa shape index (κ1) is 14.0. The van der Waals surface area contributed by atoms with E-state index in [0.29, 0.717) is 21.5 Å². The Labute approximate surface area is 122 Å². The Bertz CT molecular complexity index is 430. The van der Waals surface area contributed by atoms with Crippen molar-refractivity contribution in [1.29, 1.82) is 0 Å². The number of likely N-dealkylation sites (tertiary alicyclic amines) is 1. The van der Waals surface area contributed by atoms with Gasteiger partial charge in [-0.1, -0.05) is 29.3 Å². The Balaban J connectivity index is 2.30. The minimum absolute atomic E-state index is 0.0836. The Hall–Kier alpha value is -0.440. The maximum Gasteiger partial charge on any atom is 0.257 e.